The van der Waals surface area contributed by atoms with E-state index in [-0.39, 0.29) is 11.8 Å². The lowest BCUT2D eigenvalue weighted by Crippen LogP contribution is -2.26. The normalized spacial score (nSPS) is 14.7. The zero-order valence-electron chi connectivity index (χ0n) is 14.8. The van der Waals surface area contributed by atoms with E-state index in [4.69, 9.17) is 0 Å². The van der Waals surface area contributed by atoms with Gasteiger partial charge in [0.25, 0.3) is 0 Å². The number of unbranched alkanes of at least 4 members (excludes halogenated alkanes) is 1. The third-order valence-corrected chi connectivity index (χ3v) is 4.75. The smallest absolute Gasteiger partial charge is 0.234 e. The van der Waals surface area contributed by atoms with Gasteiger partial charge in [-0.3, -0.25) is 9.59 Å². The first-order valence-corrected chi connectivity index (χ1v) is 8.76. The van der Waals surface area contributed by atoms with Crippen molar-refractivity contribution in [2.45, 2.75) is 44.9 Å². The second-order valence-electron chi connectivity index (χ2n) is 7.08. The number of benzene rings is 2. The zero-order chi connectivity index (χ0) is 17.9. The number of nitrogens with one attached hydrogen (secondary N) is 2. The largest absolute Gasteiger partial charge is 0.326 e. The molecule has 0 atom stereocenters. The van der Waals surface area contributed by atoms with Crippen LogP contribution in [0, 0.1) is 0 Å². The average Bonchev–Trinajstić information content (AvgIpc) is 2.82. The molecule has 0 bridgehead atoms. The van der Waals surface area contributed by atoms with Gasteiger partial charge in [0.15, 0.2) is 0 Å². The summed E-state index contributed by atoms with van der Waals surface area (Å²) < 4.78 is 0. The van der Waals surface area contributed by atoms with E-state index in [9.17, 15) is 9.59 Å². The van der Waals surface area contributed by atoms with Crippen LogP contribution in [0.2, 0.25) is 0 Å². The molecular formula is C21H24N2O2. The molecule has 0 spiro atoms. The number of carbonyl (C=O) groups is 2. The molecule has 1 aliphatic rings. The minimum Gasteiger partial charge on any atom is -0.326 e. The highest BCUT2D eigenvalue weighted by Crippen LogP contribution is 2.38. The van der Waals surface area contributed by atoms with E-state index in [1.54, 1.807) is 0 Å². The Labute approximate surface area is 148 Å². The number of hydrogen-bond acceptors (Lipinski definition) is 2. The van der Waals surface area contributed by atoms with Crippen LogP contribution in [0.15, 0.2) is 48.5 Å². The van der Waals surface area contributed by atoms with Gasteiger partial charge in [0, 0.05) is 17.8 Å². The molecule has 130 valence electrons. The predicted octanol–water partition coefficient (Wildman–Crippen LogP) is 4.27. The molecule has 1 aliphatic heterocycles. The molecule has 0 saturated heterocycles. The van der Waals surface area contributed by atoms with Gasteiger partial charge in [-0.25, -0.2) is 0 Å². The molecule has 4 heteroatoms. The number of amides is 2. The monoisotopic (exact) mass is 336 g/mol. The van der Waals surface area contributed by atoms with Crippen molar-refractivity contribution in [2.75, 3.05) is 10.6 Å². The van der Waals surface area contributed by atoms with Gasteiger partial charge in [-0.2, -0.15) is 0 Å². The summed E-state index contributed by atoms with van der Waals surface area (Å²) in [6.07, 6.45) is 3.35. The molecule has 2 aromatic rings. The summed E-state index contributed by atoms with van der Waals surface area (Å²) in [5.41, 5.74) is 3.25. The highest BCUT2D eigenvalue weighted by atomic mass is 16.2. The van der Waals surface area contributed by atoms with Gasteiger partial charge >= 0.3 is 0 Å². The van der Waals surface area contributed by atoms with E-state index in [0.717, 1.165) is 36.2 Å². The summed E-state index contributed by atoms with van der Waals surface area (Å²) in [6.45, 7) is 3.78. The Morgan fingerprint density at radius 2 is 1.84 bits per heavy atom. The van der Waals surface area contributed by atoms with Crippen molar-refractivity contribution in [3.63, 3.8) is 0 Å². The van der Waals surface area contributed by atoms with Crippen molar-refractivity contribution in [3.05, 3.63) is 59.7 Å². The van der Waals surface area contributed by atoms with Crippen molar-refractivity contribution in [3.8, 4) is 0 Å². The van der Waals surface area contributed by atoms with E-state index in [0.29, 0.717) is 6.42 Å². The SMILES string of the molecule is CC1(C)C(=O)Nc2ccc(NC(=O)CCCCc3ccccc3)cc21. The highest BCUT2D eigenvalue weighted by Gasteiger charge is 2.38. The van der Waals surface area contributed by atoms with Crippen LogP contribution >= 0.6 is 0 Å². The standard InChI is InChI=1S/C21H24N2O2/c1-21(2)17-14-16(12-13-18(17)23-20(21)25)22-19(24)11-7-6-10-15-8-4-3-5-9-15/h3-5,8-9,12-14H,6-7,10-11H2,1-2H3,(H,22,24)(H,23,25). The minimum absolute atomic E-state index is 0.00751. The van der Waals surface area contributed by atoms with Gasteiger partial charge < -0.3 is 10.6 Å². The lowest BCUT2D eigenvalue weighted by atomic mass is 9.86. The molecule has 2 amide bonds. The highest BCUT2D eigenvalue weighted by molar-refractivity contribution is 6.06. The van der Waals surface area contributed by atoms with E-state index < -0.39 is 5.41 Å². The zero-order valence-corrected chi connectivity index (χ0v) is 14.8. The van der Waals surface area contributed by atoms with Crippen LogP contribution in [-0.2, 0) is 21.4 Å². The topological polar surface area (TPSA) is 58.2 Å². The van der Waals surface area contributed by atoms with E-state index in [1.807, 2.05) is 50.2 Å². The molecule has 3 rings (SSSR count). The fourth-order valence-electron chi connectivity index (χ4n) is 3.13. The second kappa shape index (κ2) is 7.09. The van der Waals surface area contributed by atoms with E-state index >= 15 is 0 Å². The molecular weight excluding hydrogens is 312 g/mol. The molecule has 4 nitrogen and oxygen atoms in total. The third kappa shape index (κ3) is 3.90. The number of rotatable bonds is 6. The quantitative estimate of drug-likeness (QED) is 0.774. The van der Waals surface area contributed by atoms with E-state index in [1.165, 1.54) is 5.56 Å². The van der Waals surface area contributed by atoms with Gasteiger partial charge in [-0.15, -0.1) is 0 Å². The molecule has 2 aromatic carbocycles. The number of hydrogen-bond donors (Lipinski definition) is 2. The van der Waals surface area contributed by atoms with Gasteiger partial charge in [0.1, 0.15) is 0 Å². The minimum atomic E-state index is -0.564. The number of fused-ring (bicyclic) bond motifs is 1. The van der Waals surface area contributed by atoms with Crippen LogP contribution in [0.1, 0.15) is 44.2 Å². The van der Waals surface area contributed by atoms with Crippen LogP contribution in [0.4, 0.5) is 11.4 Å². The second-order valence-corrected chi connectivity index (χ2v) is 7.08. The van der Waals surface area contributed by atoms with Gasteiger partial charge in [0.2, 0.25) is 11.8 Å². The molecule has 0 aromatic heterocycles. The lowest BCUT2D eigenvalue weighted by Gasteiger charge is -2.16. The van der Waals surface area contributed by atoms with Crippen molar-refractivity contribution in [1.82, 2.24) is 0 Å². The Kier molecular flexibility index (Phi) is 4.88. The van der Waals surface area contributed by atoms with Crippen LogP contribution in [0.3, 0.4) is 0 Å². The van der Waals surface area contributed by atoms with Crippen LogP contribution in [0.5, 0.6) is 0 Å². The summed E-state index contributed by atoms with van der Waals surface area (Å²) in [7, 11) is 0. The van der Waals surface area contributed by atoms with Gasteiger partial charge in [-0.05, 0) is 62.4 Å². The summed E-state index contributed by atoms with van der Waals surface area (Å²) in [5, 5.41) is 5.82. The van der Waals surface area contributed by atoms with Crippen LogP contribution < -0.4 is 10.6 Å². The molecule has 0 fully saturated rings. The Balaban J connectivity index is 1.51. The first-order valence-electron chi connectivity index (χ1n) is 8.76. The molecule has 0 saturated carbocycles. The first kappa shape index (κ1) is 17.2. The van der Waals surface area contributed by atoms with Crippen molar-refractivity contribution < 1.29 is 9.59 Å². The Morgan fingerprint density at radius 1 is 1.08 bits per heavy atom. The van der Waals surface area contributed by atoms with Gasteiger partial charge in [0.05, 0.1) is 5.41 Å². The predicted molar refractivity (Wildman–Crippen MR) is 101 cm³/mol. The summed E-state index contributed by atoms with van der Waals surface area (Å²) in [4.78, 5) is 24.1. The molecule has 25 heavy (non-hydrogen) atoms. The fraction of sp³-hybridized carbons (Fsp3) is 0.333. The number of aryl methyl sites for hydroxylation is 1. The van der Waals surface area contributed by atoms with Crippen molar-refractivity contribution >= 4 is 23.2 Å². The number of anilines is 2. The molecule has 0 aliphatic carbocycles. The molecule has 0 unspecified atom stereocenters. The number of carbonyl (C=O) groups excluding carboxylic acids is 2. The lowest BCUT2D eigenvalue weighted by molar-refractivity contribution is -0.119. The molecule has 0 radical (unpaired) electrons. The maximum atomic E-state index is 12.2. The summed E-state index contributed by atoms with van der Waals surface area (Å²) in [6, 6.07) is 15.9. The molecule has 2 N–H and O–H groups in total. The molecule has 1 heterocycles. The van der Waals surface area contributed by atoms with E-state index in [2.05, 4.69) is 22.8 Å². The first-order chi connectivity index (χ1) is 12.0. The van der Waals surface area contributed by atoms with Crippen molar-refractivity contribution in [2.24, 2.45) is 0 Å². The maximum absolute atomic E-state index is 12.2. The van der Waals surface area contributed by atoms with Gasteiger partial charge in [-0.1, -0.05) is 30.3 Å². The Morgan fingerprint density at radius 3 is 2.60 bits per heavy atom. The third-order valence-electron chi connectivity index (χ3n) is 4.75. The Bertz CT molecular complexity index is 782. The fourth-order valence-corrected chi connectivity index (χ4v) is 3.13. The van der Waals surface area contributed by atoms with Crippen LogP contribution in [-0.4, -0.2) is 11.8 Å². The Hall–Kier alpha value is -2.62. The maximum Gasteiger partial charge on any atom is 0.234 e. The average molecular weight is 336 g/mol. The van der Waals surface area contributed by atoms with Crippen LogP contribution in [0.25, 0.3) is 0 Å². The van der Waals surface area contributed by atoms with Crippen molar-refractivity contribution in [1.29, 1.82) is 0 Å². The summed E-state index contributed by atoms with van der Waals surface area (Å²) >= 11 is 0. The summed E-state index contributed by atoms with van der Waals surface area (Å²) in [5.74, 6) is 0.00925.